The van der Waals surface area contributed by atoms with Crippen LogP contribution in [0.5, 0.6) is 0 Å². The summed E-state index contributed by atoms with van der Waals surface area (Å²) in [5.74, 6) is 0. The van der Waals surface area contributed by atoms with E-state index < -0.39 is 0 Å². The standard InChI is InChI=1S/C8H12Cl2/c9-7-5-3-1-2-4-6-8(7)10/h1-2,7-8H,3-6H2/t7-,8-/m1/s1. The Labute approximate surface area is 72.2 Å². The Morgan fingerprint density at radius 1 is 0.900 bits per heavy atom. The molecule has 2 heteroatoms. The lowest BCUT2D eigenvalue weighted by atomic mass is 10.1. The molecular weight excluding hydrogens is 167 g/mol. The molecule has 0 aromatic rings. The fourth-order valence-corrected chi connectivity index (χ4v) is 1.61. The van der Waals surface area contributed by atoms with Crippen molar-refractivity contribution in [3.63, 3.8) is 0 Å². The van der Waals surface area contributed by atoms with E-state index in [4.69, 9.17) is 23.2 Å². The van der Waals surface area contributed by atoms with Crippen molar-refractivity contribution in [2.75, 3.05) is 0 Å². The second-order valence-electron chi connectivity index (χ2n) is 2.66. The lowest BCUT2D eigenvalue weighted by Gasteiger charge is -2.15. The van der Waals surface area contributed by atoms with Crippen LogP contribution in [-0.4, -0.2) is 10.8 Å². The SMILES string of the molecule is Cl[C@@H]1CCC=CCC[C@H]1Cl. The number of allylic oxidation sites excluding steroid dienone is 2. The molecule has 0 unspecified atom stereocenters. The first-order valence-corrected chi connectivity index (χ1v) is 4.61. The molecule has 58 valence electrons. The van der Waals surface area contributed by atoms with Crippen molar-refractivity contribution in [2.24, 2.45) is 0 Å². The summed E-state index contributed by atoms with van der Waals surface area (Å²) in [6, 6.07) is 0. The van der Waals surface area contributed by atoms with Crippen LogP contribution >= 0.6 is 23.2 Å². The molecule has 0 saturated heterocycles. The molecule has 0 bridgehead atoms. The van der Waals surface area contributed by atoms with Crippen molar-refractivity contribution >= 4 is 23.2 Å². The first-order valence-electron chi connectivity index (χ1n) is 3.74. The molecule has 1 aliphatic rings. The third-order valence-corrected chi connectivity index (χ3v) is 2.95. The van der Waals surface area contributed by atoms with Gasteiger partial charge in [-0.05, 0) is 25.7 Å². The van der Waals surface area contributed by atoms with Crippen LogP contribution < -0.4 is 0 Å². The molecule has 0 aromatic heterocycles. The van der Waals surface area contributed by atoms with Crippen LogP contribution in [-0.2, 0) is 0 Å². The summed E-state index contributed by atoms with van der Waals surface area (Å²) in [4.78, 5) is 0. The van der Waals surface area contributed by atoms with E-state index in [9.17, 15) is 0 Å². The molecule has 2 atom stereocenters. The fourth-order valence-electron chi connectivity index (χ4n) is 1.11. The Bertz CT molecular complexity index is 106. The predicted molar refractivity (Wildman–Crippen MR) is 46.9 cm³/mol. The second-order valence-corrected chi connectivity index (χ2v) is 3.78. The van der Waals surface area contributed by atoms with Gasteiger partial charge in [0.25, 0.3) is 0 Å². The molecule has 0 aromatic carbocycles. The lowest BCUT2D eigenvalue weighted by Crippen LogP contribution is -2.15. The maximum atomic E-state index is 5.98. The van der Waals surface area contributed by atoms with Gasteiger partial charge in [-0.3, -0.25) is 0 Å². The molecule has 1 aliphatic carbocycles. The summed E-state index contributed by atoms with van der Waals surface area (Å²) in [6.07, 6.45) is 8.59. The second kappa shape index (κ2) is 4.25. The van der Waals surface area contributed by atoms with Gasteiger partial charge < -0.3 is 0 Å². The Morgan fingerprint density at radius 2 is 1.30 bits per heavy atom. The van der Waals surface area contributed by atoms with E-state index in [1.165, 1.54) is 0 Å². The van der Waals surface area contributed by atoms with Gasteiger partial charge >= 0.3 is 0 Å². The van der Waals surface area contributed by atoms with Crippen molar-refractivity contribution < 1.29 is 0 Å². The number of halogens is 2. The third kappa shape index (κ3) is 2.51. The van der Waals surface area contributed by atoms with E-state index >= 15 is 0 Å². The summed E-state index contributed by atoms with van der Waals surface area (Å²) in [5, 5.41) is 0.346. The minimum absolute atomic E-state index is 0.173. The Balaban J connectivity index is 2.40. The Kier molecular flexibility index (Phi) is 3.58. The van der Waals surface area contributed by atoms with Crippen molar-refractivity contribution in [3.05, 3.63) is 12.2 Å². The smallest absolute Gasteiger partial charge is 0.0502 e. The van der Waals surface area contributed by atoms with Crippen molar-refractivity contribution in [1.82, 2.24) is 0 Å². The number of alkyl halides is 2. The number of hydrogen-bond donors (Lipinski definition) is 0. The normalized spacial score (nSPS) is 35.0. The van der Waals surface area contributed by atoms with Crippen LogP contribution in [0.1, 0.15) is 25.7 Å². The van der Waals surface area contributed by atoms with E-state index in [-0.39, 0.29) is 10.8 Å². The molecule has 0 nitrogen and oxygen atoms in total. The highest BCUT2D eigenvalue weighted by molar-refractivity contribution is 6.29. The first-order chi connectivity index (χ1) is 4.80. The number of rotatable bonds is 0. The zero-order valence-electron chi connectivity index (χ0n) is 5.89. The summed E-state index contributed by atoms with van der Waals surface area (Å²) < 4.78 is 0. The van der Waals surface area contributed by atoms with Crippen LogP contribution in [0.25, 0.3) is 0 Å². The highest BCUT2D eigenvalue weighted by atomic mass is 35.5. The van der Waals surface area contributed by atoms with Gasteiger partial charge in [0.1, 0.15) is 0 Å². The zero-order chi connectivity index (χ0) is 7.40. The largest absolute Gasteiger partial charge is 0.121 e. The monoisotopic (exact) mass is 178 g/mol. The molecule has 0 radical (unpaired) electrons. The molecule has 1 rings (SSSR count). The van der Waals surface area contributed by atoms with Gasteiger partial charge in [-0.1, -0.05) is 12.2 Å². The fraction of sp³-hybridized carbons (Fsp3) is 0.750. The highest BCUT2D eigenvalue weighted by Crippen LogP contribution is 2.22. The summed E-state index contributed by atoms with van der Waals surface area (Å²) >= 11 is 12.0. The van der Waals surface area contributed by atoms with Gasteiger partial charge in [0.2, 0.25) is 0 Å². The highest BCUT2D eigenvalue weighted by Gasteiger charge is 2.15. The minimum atomic E-state index is 0.173. The molecule has 0 heterocycles. The Hall–Kier alpha value is 0.320. The van der Waals surface area contributed by atoms with Gasteiger partial charge in [0, 0.05) is 0 Å². The topological polar surface area (TPSA) is 0 Å². The average molecular weight is 179 g/mol. The van der Waals surface area contributed by atoms with Gasteiger partial charge in [0.15, 0.2) is 0 Å². The van der Waals surface area contributed by atoms with E-state index in [0.717, 1.165) is 25.7 Å². The van der Waals surface area contributed by atoms with Gasteiger partial charge in [-0.15, -0.1) is 23.2 Å². The molecule has 0 aliphatic heterocycles. The maximum absolute atomic E-state index is 5.98. The van der Waals surface area contributed by atoms with Gasteiger partial charge in [0.05, 0.1) is 10.8 Å². The van der Waals surface area contributed by atoms with Crippen molar-refractivity contribution in [3.8, 4) is 0 Å². The molecule has 0 saturated carbocycles. The lowest BCUT2D eigenvalue weighted by molar-refractivity contribution is 0.654. The predicted octanol–water partition coefficient (Wildman–Crippen LogP) is 3.33. The van der Waals surface area contributed by atoms with Crippen molar-refractivity contribution in [2.45, 2.75) is 36.4 Å². The molecule has 0 N–H and O–H groups in total. The maximum Gasteiger partial charge on any atom is 0.0502 e. The zero-order valence-corrected chi connectivity index (χ0v) is 7.41. The third-order valence-electron chi connectivity index (χ3n) is 1.78. The van der Waals surface area contributed by atoms with Crippen LogP contribution in [0.15, 0.2) is 12.2 Å². The van der Waals surface area contributed by atoms with Crippen LogP contribution in [0.3, 0.4) is 0 Å². The van der Waals surface area contributed by atoms with Crippen LogP contribution in [0.4, 0.5) is 0 Å². The summed E-state index contributed by atoms with van der Waals surface area (Å²) in [7, 11) is 0. The molecule has 0 fully saturated rings. The number of hydrogen-bond acceptors (Lipinski definition) is 0. The van der Waals surface area contributed by atoms with Crippen molar-refractivity contribution in [1.29, 1.82) is 0 Å². The first kappa shape index (κ1) is 8.42. The quantitative estimate of drug-likeness (QED) is 0.395. The summed E-state index contributed by atoms with van der Waals surface area (Å²) in [5.41, 5.74) is 0. The van der Waals surface area contributed by atoms with E-state index in [2.05, 4.69) is 12.2 Å². The molecule has 0 amide bonds. The van der Waals surface area contributed by atoms with E-state index in [1.54, 1.807) is 0 Å². The molecule has 10 heavy (non-hydrogen) atoms. The minimum Gasteiger partial charge on any atom is -0.121 e. The van der Waals surface area contributed by atoms with E-state index in [1.807, 2.05) is 0 Å². The van der Waals surface area contributed by atoms with Crippen LogP contribution in [0.2, 0.25) is 0 Å². The summed E-state index contributed by atoms with van der Waals surface area (Å²) in [6.45, 7) is 0. The Morgan fingerprint density at radius 3 is 1.70 bits per heavy atom. The van der Waals surface area contributed by atoms with Crippen LogP contribution in [0, 0.1) is 0 Å². The van der Waals surface area contributed by atoms with Gasteiger partial charge in [-0.2, -0.15) is 0 Å². The molecular formula is C8H12Cl2. The molecule has 0 spiro atoms. The van der Waals surface area contributed by atoms with E-state index in [0.29, 0.717) is 0 Å². The van der Waals surface area contributed by atoms with Gasteiger partial charge in [-0.25, -0.2) is 0 Å². The average Bonchev–Trinajstić information content (AvgIpc) is 1.92.